The van der Waals surface area contributed by atoms with Crippen molar-refractivity contribution >= 4 is 81.1 Å². The van der Waals surface area contributed by atoms with E-state index in [1.54, 1.807) is 0 Å². The number of fused-ring (bicyclic) bond motifs is 8. The number of hydrogen-bond acceptors (Lipinski definition) is 2. The minimum atomic E-state index is 1.11. The van der Waals surface area contributed by atoms with E-state index in [1.807, 2.05) is 11.3 Å². The van der Waals surface area contributed by atoms with Crippen molar-refractivity contribution in [3.05, 3.63) is 182 Å². The molecule has 10 rings (SSSR count). The largest absolute Gasteiger partial charge is 0.310 e. The third-order valence-corrected chi connectivity index (χ3v) is 10.9. The number of hydrogen-bond donors (Lipinski definition) is 0. The molecule has 0 aliphatic heterocycles. The lowest BCUT2D eigenvalue weighted by Crippen LogP contribution is -2.10. The second-order valence-corrected chi connectivity index (χ2v) is 13.7. The van der Waals surface area contributed by atoms with Crippen molar-refractivity contribution in [2.75, 3.05) is 4.90 Å². The van der Waals surface area contributed by atoms with Crippen molar-refractivity contribution in [1.82, 2.24) is 4.57 Å². The summed E-state index contributed by atoms with van der Waals surface area (Å²) in [5, 5.41) is 7.66. The maximum absolute atomic E-state index is 2.42. The van der Waals surface area contributed by atoms with Crippen LogP contribution in [0, 0.1) is 0 Å². The average Bonchev–Trinajstić information content (AvgIpc) is 3.72. The predicted molar refractivity (Wildman–Crippen MR) is 211 cm³/mol. The van der Waals surface area contributed by atoms with Gasteiger partial charge in [-0.1, -0.05) is 115 Å². The van der Waals surface area contributed by atoms with Gasteiger partial charge in [0.15, 0.2) is 0 Å². The molecule has 2 aromatic heterocycles. The summed E-state index contributed by atoms with van der Waals surface area (Å²) in [6, 6.07) is 66.2. The molecule has 0 spiro atoms. The molecule has 2 nitrogen and oxygen atoms in total. The SMILES string of the molecule is c1ccc(-c2cccc(N(c3ccc4ccc5sc6ccccc6c5c4c3)c3ccc4c5ccccc5n(-c5ccccc5)c4c3)c2)cc1. The molecule has 230 valence electrons. The molecule has 0 atom stereocenters. The van der Waals surface area contributed by atoms with Crippen molar-refractivity contribution in [2.45, 2.75) is 0 Å². The highest BCUT2D eigenvalue weighted by Gasteiger charge is 2.19. The Balaban J connectivity index is 1.25. The molecule has 49 heavy (non-hydrogen) atoms. The van der Waals surface area contributed by atoms with E-state index in [1.165, 1.54) is 63.9 Å². The van der Waals surface area contributed by atoms with Crippen LogP contribution >= 0.6 is 11.3 Å². The van der Waals surface area contributed by atoms with E-state index in [0.717, 1.165) is 22.7 Å². The van der Waals surface area contributed by atoms with Gasteiger partial charge in [0.05, 0.1) is 11.0 Å². The molecule has 3 heteroatoms. The molecule has 0 aliphatic carbocycles. The fourth-order valence-electron chi connectivity index (χ4n) is 7.53. The van der Waals surface area contributed by atoms with Crippen LogP contribution in [0.4, 0.5) is 17.1 Å². The Labute approximate surface area is 288 Å². The first-order chi connectivity index (χ1) is 24.3. The van der Waals surface area contributed by atoms with E-state index in [9.17, 15) is 0 Å². The van der Waals surface area contributed by atoms with Crippen molar-refractivity contribution in [2.24, 2.45) is 0 Å². The molecule has 0 fully saturated rings. The van der Waals surface area contributed by atoms with Crippen LogP contribution in [0.3, 0.4) is 0 Å². The normalized spacial score (nSPS) is 11.7. The van der Waals surface area contributed by atoms with Gasteiger partial charge in [0, 0.05) is 53.7 Å². The van der Waals surface area contributed by atoms with Crippen molar-refractivity contribution < 1.29 is 0 Å². The maximum atomic E-state index is 2.42. The van der Waals surface area contributed by atoms with Gasteiger partial charge in [0.2, 0.25) is 0 Å². The number of benzene rings is 8. The van der Waals surface area contributed by atoms with Gasteiger partial charge in [0.25, 0.3) is 0 Å². The Bertz CT molecular complexity index is 2830. The Morgan fingerprint density at radius 3 is 1.92 bits per heavy atom. The molecule has 0 aliphatic rings. The summed E-state index contributed by atoms with van der Waals surface area (Å²) < 4.78 is 5.04. The average molecular weight is 643 g/mol. The lowest BCUT2D eigenvalue weighted by molar-refractivity contribution is 1.18. The number of aromatic nitrogens is 1. The summed E-state index contributed by atoms with van der Waals surface area (Å²) in [5.74, 6) is 0. The van der Waals surface area contributed by atoms with E-state index in [2.05, 4.69) is 191 Å². The fraction of sp³-hybridized carbons (Fsp3) is 0. The summed E-state index contributed by atoms with van der Waals surface area (Å²) in [4.78, 5) is 2.42. The van der Waals surface area contributed by atoms with Crippen molar-refractivity contribution in [3.63, 3.8) is 0 Å². The Morgan fingerprint density at radius 2 is 1.04 bits per heavy atom. The van der Waals surface area contributed by atoms with E-state index in [0.29, 0.717) is 0 Å². The second kappa shape index (κ2) is 11.2. The summed E-state index contributed by atoms with van der Waals surface area (Å²) in [5.41, 5.74) is 9.29. The van der Waals surface area contributed by atoms with E-state index >= 15 is 0 Å². The van der Waals surface area contributed by atoms with Gasteiger partial charge >= 0.3 is 0 Å². The molecule has 0 radical (unpaired) electrons. The maximum Gasteiger partial charge on any atom is 0.0561 e. The Hall–Kier alpha value is -6.16. The molecule has 0 saturated heterocycles. The van der Waals surface area contributed by atoms with E-state index < -0.39 is 0 Å². The highest BCUT2D eigenvalue weighted by Crippen LogP contribution is 2.44. The molecule has 0 bridgehead atoms. The minimum absolute atomic E-state index is 1.11. The van der Waals surface area contributed by atoms with Gasteiger partial charge < -0.3 is 9.47 Å². The molecular formula is C46H30N2S. The van der Waals surface area contributed by atoms with Gasteiger partial charge in [-0.3, -0.25) is 0 Å². The van der Waals surface area contributed by atoms with Crippen molar-refractivity contribution in [3.8, 4) is 16.8 Å². The van der Waals surface area contributed by atoms with Crippen LogP contribution in [0.1, 0.15) is 0 Å². The van der Waals surface area contributed by atoms with Gasteiger partial charge in [-0.15, -0.1) is 11.3 Å². The second-order valence-electron chi connectivity index (χ2n) is 12.6. The van der Waals surface area contributed by atoms with Gasteiger partial charge in [-0.25, -0.2) is 0 Å². The quantitative estimate of drug-likeness (QED) is 0.181. The monoisotopic (exact) mass is 642 g/mol. The van der Waals surface area contributed by atoms with Crippen LogP contribution < -0.4 is 4.90 Å². The molecule has 0 saturated carbocycles. The van der Waals surface area contributed by atoms with Crippen LogP contribution in [0.25, 0.3) is 69.6 Å². The smallest absolute Gasteiger partial charge is 0.0561 e. The predicted octanol–water partition coefficient (Wildman–Crippen LogP) is 13.4. The highest BCUT2D eigenvalue weighted by molar-refractivity contribution is 7.26. The first-order valence-electron chi connectivity index (χ1n) is 16.7. The number of rotatable bonds is 5. The topological polar surface area (TPSA) is 8.17 Å². The minimum Gasteiger partial charge on any atom is -0.310 e. The van der Waals surface area contributed by atoms with E-state index in [-0.39, 0.29) is 0 Å². The van der Waals surface area contributed by atoms with Gasteiger partial charge in [-0.05, 0) is 88.6 Å². The Morgan fingerprint density at radius 1 is 0.388 bits per heavy atom. The molecule has 8 aromatic carbocycles. The Kier molecular flexibility index (Phi) is 6.39. The number of para-hydroxylation sites is 2. The number of nitrogens with zero attached hydrogens (tertiary/aromatic N) is 2. The molecule has 0 amide bonds. The molecular weight excluding hydrogens is 613 g/mol. The fourth-order valence-corrected chi connectivity index (χ4v) is 8.65. The van der Waals surface area contributed by atoms with Crippen LogP contribution in [-0.2, 0) is 0 Å². The summed E-state index contributed by atoms with van der Waals surface area (Å²) in [7, 11) is 0. The molecule has 2 heterocycles. The molecule has 0 N–H and O–H groups in total. The standard InChI is InChI=1S/C46H30N2S/c1-3-12-31(13-4-1)33-14-11-17-35(28-33)47(36-24-22-32-23-27-45-46(41(32)29-36)40-19-8-10-21-44(40)49-45)37-25-26-39-38-18-7-9-20-42(38)48(43(39)30-37)34-15-5-2-6-16-34/h1-30H. The highest BCUT2D eigenvalue weighted by atomic mass is 32.1. The van der Waals surface area contributed by atoms with Gasteiger partial charge in [-0.2, -0.15) is 0 Å². The summed E-state index contributed by atoms with van der Waals surface area (Å²) >= 11 is 1.87. The van der Waals surface area contributed by atoms with Crippen LogP contribution in [0.5, 0.6) is 0 Å². The van der Waals surface area contributed by atoms with E-state index in [4.69, 9.17) is 0 Å². The zero-order chi connectivity index (χ0) is 32.3. The summed E-state index contributed by atoms with van der Waals surface area (Å²) in [6.45, 7) is 0. The molecule has 10 aromatic rings. The van der Waals surface area contributed by atoms with Crippen molar-refractivity contribution in [1.29, 1.82) is 0 Å². The number of thiophene rings is 1. The first-order valence-corrected chi connectivity index (χ1v) is 17.5. The molecule has 0 unspecified atom stereocenters. The van der Waals surface area contributed by atoms with Gasteiger partial charge in [0.1, 0.15) is 0 Å². The zero-order valence-corrected chi connectivity index (χ0v) is 27.4. The lowest BCUT2D eigenvalue weighted by Gasteiger charge is -2.27. The van der Waals surface area contributed by atoms with Crippen LogP contribution in [0.2, 0.25) is 0 Å². The third-order valence-electron chi connectivity index (χ3n) is 9.74. The number of anilines is 3. The third kappa shape index (κ3) is 4.55. The van der Waals surface area contributed by atoms with Crippen LogP contribution in [-0.4, -0.2) is 4.57 Å². The zero-order valence-electron chi connectivity index (χ0n) is 26.6. The first kappa shape index (κ1) is 27.9. The van der Waals surface area contributed by atoms with Crippen LogP contribution in [0.15, 0.2) is 182 Å². The summed E-state index contributed by atoms with van der Waals surface area (Å²) in [6.07, 6.45) is 0. The lowest BCUT2D eigenvalue weighted by atomic mass is 10.0.